The second-order valence-corrected chi connectivity index (χ2v) is 1.69. The highest BCUT2D eigenvalue weighted by Crippen LogP contribution is 2.07. The molecule has 6 heavy (non-hydrogen) atoms. The van der Waals surface area contributed by atoms with E-state index in [1.165, 1.54) is 11.9 Å². The van der Waals surface area contributed by atoms with Gasteiger partial charge in [-0.2, -0.15) is 0 Å². The lowest BCUT2D eigenvalue weighted by Crippen LogP contribution is -1.98. The van der Waals surface area contributed by atoms with E-state index in [2.05, 4.69) is 9.71 Å². The largest absolute Gasteiger partial charge is 0.258 e. The number of nitrogens with one attached hydrogen (secondary N) is 1. The van der Waals surface area contributed by atoms with E-state index in [9.17, 15) is 0 Å². The first-order chi connectivity index (χ1) is 2.89. The Balaban J connectivity index is 2.38. The molecule has 1 aliphatic heterocycles. The molecule has 1 N–H and O–H groups in total. The Bertz CT molecular complexity index is 71.2. The molecule has 0 unspecified atom stereocenters. The third-order valence-corrected chi connectivity index (χ3v) is 1.13. The molecular weight excluding hydrogens is 96.1 g/mol. The quantitative estimate of drug-likeness (QED) is 0.456. The highest BCUT2D eigenvalue weighted by Gasteiger charge is 2.00. The molecule has 0 saturated carbocycles. The van der Waals surface area contributed by atoms with Crippen LogP contribution in [0.5, 0.6) is 0 Å². The maximum absolute atomic E-state index is 3.88. The zero-order chi connectivity index (χ0) is 4.41. The lowest BCUT2D eigenvalue weighted by molar-refractivity contribution is 0.954. The molecule has 0 amide bonds. The maximum atomic E-state index is 3.88. The fourth-order valence-electron chi connectivity index (χ4n) is 0.243. The molecule has 1 heterocycles. The zero-order valence-corrected chi connectivity index (χ0v) is 4.25. The van der Waals surface area contributed by atoms with Crippen molar-refractivity contribution in [1.82, 2.24) is 4.72 Å². The van der Waals surface area contributed by atoms with Gasteiger partial charge in [-0.05, 0) is 18.9 Å². The van der Waals surface area contributed by atoms with E-state index in [1.54, 1.807) is 5.55 Å². The molecule has 33 valence electrons. The van der Waals surface area contributed by atoms with Crippen molar-refractivity contribution in [3.63, 3.8) is 0 Å². The summed E-state index contributed by atoms with van der Waals surface area (Å²) in [5, 5.41) is 0. The van der Waals surface area contributed by atoms with Crippen molar-refractivity contribution in [3.05, 3.63) is 6.17 Å². The molecule has 0 saturated heterocycles. The average molecular weight is 101 g/mol. The van der Waals surface area contributed by atoms with Gasteiger partial charge in [0, 0.05) is 0 Å². The lowest BCUT2D eigenvalue weighted by atomic mass is 10.6. The Morgan fingerprint density at radius 2 is 2.83 bits per heavy atom. The summed E-state index contributed by atoms with van der Waals surface area (Å²) in [6.45, 7) is 1.93. The minimum atomic E-state index is 0.986. The van der Waals surface area contributed by atoms with Crippen molar-refractivity contribution < 1.29 is 0 Å². The van der Waals surface area contributed by atoms with Crippen molar-refractivity contribution >= 4 is 17.5 Å². The van der Waals surface area contributed by atoms with Crippen LogP contribution >= 0.6 is 11.9 Å². The van der Waals surface area contributed by atoms with Crippen LogP contribution in [0.15, 0.2) is 4.99 Å². The molecule has 1 rings (SSSR count). The Labute approximate surface area is 41.2 Å². The predicted molar refractivity (Wildman–Crippen MR) is 28.1 cm³/mol. The second kappa shape index (κ2) is 1.62. The first-order valence-corrected chi connectivity index (χ1v) is 2.55. The van der Waals surface area contributed by atoms with E-state index in [1.807, 2.05) is 6.92 Å². The second-order valence-electron chi connectivity index (χ2n) is 1.04. The predicted octanol–water partition coefficient (Wildman–Crippen LogP) is 0.775. The Kier molecular flexibility index (Phi) is 1.12. The molecule has 1 radical (unpaired) electrons. The maximum Gasteiger partial charge on any atom is 0.156 e. The minimum Gasteiger partial charge on any atom is -0.258 e. The molecule has 0 aromatic rings. The van der Waals surface area contributed by atoms with E-state index in [0.29, 0.717) is 0 Å². The van der Waals surface area contributed by atoms with Crippen molar-refractivity contribution in [2.24, 2.45) is 4.99 Å². The van der Waals surface area contributed by atoms with E-state index < -0.39 is 0 Å². The van der Waals surface area contributed by atoms with Gasteiger partial charge in [0.2, 0.25) is 0 Å². The van der Waals surface area contributed by atoms with E-state index >= 15 is 0 Å². The van der Waals surface area contributed by atoms with Gasteiger partial charge >= 0.3 is 0 Å². The molecule has 0 aromatic heterocycles. The molecule has 1 aliphatic rings. The first-order valence-electron chi connectivity index (χ1n) is 1.67. The molecule has 0 aliphatic carbocycles. The Morgan fingerprint density at radius 3 is 3.00 bits per heavy atom. The summed E-state index contributed by atoms with van der Waals surface area (Å²) in [5.74, 6) is 0. The van der Waals surface area contributed by atoms with Crippen molar-refractivity contribution in [1.29, 1.82) is 0 Å². The molecule has 2 nitrogen and oxygen atoms in total. The fourth-order valence-corrected chi connectivity index (χ4v) is 0.730. The number of hydrogen-bond acceptors (Lipinski definition) is 3. The van der Waals surface area contributed by atoms with Gasteiger partial charge in [0.15, 0.2) is 6.17 Å². The number of nitrogens with zero attached hydrogens (tertiary/aromatic N) is 1. The molecule has 0 spiro atoms. The van der Waals surface area contributed by atoms with E-state index in [4.69, 9.17) is 0 Å². The summed E-state index contributed by atoms with van der Waals surface area (Å²) in [4.78, 5) is 3.88. The Hall–Kier alpha value is -0.0200. The van der Waals surface area contributed by atoms with Gasteiger partial charge < -0.3 is 0 Å². The van der Waals surface area contributed by atoms with Crippen LogP contribution in [0.25, 0.3) is 0 Å². The average Bonchev–Trinajstić information content (AvgIpc) is 1.86. The van der Waals surface area contributed by atoms with Gasteiger partial charge in [-0.25, -0.2) is 4.72 Å². The van der Waals surface area contributed by atoms with Crippen molar-refractivity contribution in [2.75, 3.05) is 0 Å². The highest BCUT2D eigenvalue weighted by atomic mass is 32.2. The Morgan fingerprint density at radius 1 is 2.00 bits per heavy atom. The highest BCUT2D eigenvalue weighted by molar-refractivity contribution is 8.10. The summed E-state index contributed by atoms with van der Waals surface area (Å²) >= 11 is 1.50. The van der Waals surface area contributed by atoms with Crippen molar-refractivity contribution in [3.8, 4) is 0 Å². The van der Waals surface area contributed by atoms with Gasteiger partial charge in [-0.15, -0.1) is 0 Å². The monoisotopic (exact) mass is 101 g/mol. The number of rotatable bonds is 0. The van der Waals surface area contributed by atoms with Gasteiger partial charge in [-0.1, -0.05) is 0 Å². The van der Waals surface area contributed by atoms with Crippen LogP contribution in [0.4, 0.5) is 0 Å². The minimum absolute atomic E-state index is 0.986. The summed E-state index contributed by atoms with van der Waals surface area (Å²) in [5.41, 5.74) is 1.77. The van der Waals surface area contributed by atoms with Gasteiger partial charge in [0.1, 0.15) is 0 Å². The number of hydrogen-bond donors (Lipinski definition) is 1. The third-order valence-electron chi connectivity index (χ3n) is 0.506. The molecule has 0 bridgehead atoms. The molecule has 0 aromatic carbocycles. The fraction of sp³-hybridized carbons (Fsp3) is 0.333. The van der Waals surface area contributed by atoms with Crippen LogP contribution in [0.3, 0.4) is 0 Å². The summed E-state index contributed by atoms with van der Waals surface area (Å²) in [6, 6.07) is 0. The van der Waals surface area contributed by atoms with Crippen LogP contribution < -0.4 is 4.72 Å². The summed E-state index contributed by atoms with van der Waals surface area (Å²) < 4.78 is 2.93. The first kappa shape index (κ1) is 4.15. The van der Waals surface area contributed by atoms with Gasteiger partial charge in [0.05, 0.1) is 5.55 Å². The third kappa shape index (κ3) is 0.725. The van der Waals surface area contributed by atoms with Crippen LogP contribution in [0.2, 0.25) is 0 Å². The van der Waals surface area contributed by atoms with E-state index in [-0.39, 0.29) is 0 Å². The van der Waals surface area contributed by atoms with Gasteiger partial charge in [0.25, 0.3) is 0 Å². The van der Waals surface area contributed by atoms with Gasteiger partial charge in [-0.3, -0.25) is 4.99 Å². The SMILES string of the molecule is C[C]1N=CSN1. The van der Waals surface area contributed by atoms with Crippen LogP contribution in [0, 0.1) is 6.17 Å². The zero-order valence-electron chi connectivity index (χ0n) is 3.43. The molecule has 0 fully saturated rings. The smallest absolute Gasteiger partial charge is 0.156 e. The van der Waals surface area contributed by atoms with Crippen LogP contribution in [-0.2, 0) is 0 Å². The standard InChI is InChI=1S/C3H5N2S/c1-3-4-2-6-5-3/h2,5H,1H3. The molecule has 0 atom stereocenters. The molecular formula is C3H5N2S. The summed E-state index contributed by atoms with van der Waals surface area (Å²) in [7, 11) is 0. The topological polar surface area (TPSA) is 24.4 Å². The molecule has 3 heteroatoms. The normalized spacial score (nSPS) is 22.8. The lowest BCUT2D eigenvalue weighted by Gasteiger charge is -1.89. The summed E-state index contributed by atoms with van der Waals surface area (Å²) in [6.07, 6.45) is 0.986. The number of aliphatic imine (C=N–C) groups is 1. The van der Waals surface area contributed by atoms with Crippen molar-refractivity contribution in [2.45, 2.75) is 6.92 Å². The van der Waals surface area contributed by atoms with Crippen LogP contribution in [-0.4, -0.2) is 5.55 Å². The van der Waals surface area contributed by atoms with E-state index in [0.717, 1.165) is 6.17 Å². The van der Waals surface area contributed by atoms with Crippen LogP contribution in [0.1, 0.15) is 6.92 Å².